The lowest BCUT2D eigenvalue weighted by molar-refractivity contribution is -0.115. The van der Waals surface area contributed by atoms with E-state index in [0.29, 0.717) is 10.7 Å². The molecule has 0 saturated heterocycles. The number of carboxylic acid groups (broad SMARTS) is 1. The average Bonchev–Trinajstić information content (AvgIpc) is 2.36. The molecule has 0 aromatic heterocycles. The molecule has 0 radical (unpaired) electrons. The first kappa shape index (κ1) is 16.6. The number of nitrogens with one attached hydrogen (secondary N) is 1. The number of halogens is 3. The van der Waals surface area contributed by atoms with E-state index in [1.165, 1.54) is 12.1 Å². The van der Waals surface area contributed by atoms with Gasteiger partial charge >= 0.3 is 5.97 Å². The molecule has 0 fully saturated rings. The van der Waals surface area contributed by atoms with Crippen LogP contribution in [0.25, 0.3) is 0 Å². The predicted molar refractivity (Wildman–Crippen MR) is 87.2 cm³/mol. The van der Waals surface area contributed by atoms with Crippen LogP contribution in [0.3, 0.4) is 0 Å². The number of benzene rings is 2. The second-order valence-electron chi connectivity index (χ2n) is 4.47. The standard InChI is InChI=1S/C15H10Cl3NO3/c16-9-3-1-2-8(4-9)5-13(20)19-10-6-11(17)14(15(21)22)12(18)7-10/h1-4,6-7H,5H2,(H,19,20)(H,21,22). The predicted octanol–water partition coefficient (Wildman–Crippen LogP) is 4.53. The number of carbonyl (C=O) groups excluding carboxylic acids is 1. The van der Waals surface area contributed by atoms with E-state index in [9.17, 15) is 9.59 Å². The van der Waals surface area contributed by atoms with E-state index in [4.69, 9.17) is 39.9 Å². The van der Waals surface area contributed by atoms with Crippen LogP contribution >= 0.6 is 34.8 Å². The minimum Gasteiger partial charge on any atom is -0.478 e. The number of rotatable bonds is 4. The van der Waals surface area contributed by atoms with Crippen LogP contribution in [0.1, 0.15) is 15.9 Å². The van der Waals surface area contributed by atoms with Crippen molar-refractivity contribution in [2.75, 3.05) is 5.32 Å². The number of amides is 1. The molecule has 2 rings (SSSR count). The van der Waals surface area contributed by atoms with E-state index in [1.807, 2.05) is 0 Å². The highest BCUT2D eigenvalue weighted by Crippen LogP contribution is 2.29. The zero-order chi connectivity index (χ0) is 16.3. The van der Waals surface area contributed by atoms with Gasteiger partial charge in [0.2, 0.25) is 5.91 Å². The minimum atomic E-state index is -1.23. The molecule has 0 aliphatic carbocycles. The Kier molecular flexibility index (Phi) is 5.29. The first-order chi connectivity index (χ1) is 10.4. The van der Waals surface area contributed by atoms with Crippen molar-refractivity contribution < 1.29 is 14.7 Å². The summed E-state index contributed by atoms with van der Waals surface area (Å²) in [5.74, 6) is -1.52. The highest BCUT2D eigenvalue weighted by Gasteiger charge is 2.16. The van der Waals surface area contributed by atoms with Crippen LogP contribution in [0, 0.1) is 0 Å². The van der Waals surface area contributed by atoms with Gasteiger partial charge in [-0.3, -0.25) is 4.79 Å². The molecule has 2 N–H and O–H groups in total. The SMILES string of the molecule is O=C(Cc1cccc(Cl)c1)Nc1cc(Cl)c(C(=O)O)c(Cl)c1. The Balaban J connectivity index is 2.14. The van der Waals surface area contributed by atoms with Crippen molar-refractivity contribution in [1.29, 1.82) is 0 Å². The molecule has 0 unspecified atom stereocenters. The van der Waals surface area contributed by atoms with Gasteiger partial charge in [0.25, 0.3) is 0 Å². The summed E-state index contributed by atoms with van der Waals surface area (Å²) in [6.45, 7) is 0. The molecule has 7 heteroatoms. The molecule has 2 aromatic rings. The maximum atomic E-state index is 12.0. The van der Waals surface area contributed by atoms with Gasteiger partial charge in [0.1, 0.15) is 0 Å². The number of carbonyl (C=O) groups is 2. The van der Waals surface area contributed by atoms with Crippen LogP contribution in [0.4, 0.5) is 5.69 Å². The summed E-state index contributed by atoms with van der Waals surface area (Å²) >= 11 is 17.6. The van der Waals surface area contributed by atoms with E-state index < -0.39 is 5.97 Å². The van der Waals surface area contributed by atoms with Gasteiger partial charge < -0.3 is 10.4 Å². The quantitative estimate of drug-likeness (QED) is 0.844. The van der Waals surface area contributed by atoms with Crippen molar-refractivity contribution in [3.05, 3.63) is 62.6 Å². The molecule has 0 atom stereocenters. The third-order valence-electron chi connectivity index (χ3n) is 2.79. The number of anilines is 1. The van der Waals surface area contributed by atoms with Gasteiger partial charge in [-0.05, 0) is 29.8 Å². The molecule has 0 spiro atoms. The third kappa shape index (κ3) is 4.13. The van der Waals surface area contributed by atoms with E-state index in [1.54, 1.807) is 24.3 Å². The maximum absolute atomic E-state index is 12.0. The van der Waals surface area contributed by atoms with E-state index in [0.717, 1.165) is 5.56 Å². The summed E-state index contributed by atoms with van der Waals surface area (Å²) in [5, 5.41) is 12.0. The van der Waals surface area contributed by atoms with Gasteiger partial charge in [-0.15, -0.1) is 0 Å². The Morgan fingerprint density at radius 3 is 2.23 bits per heavy atom. The van der Waals surface area contributed by atoms with Gasteiger partial charge in [-0.25, -0.2) is 4.79 Å². The molecule has 2 aromatic carbocycles. The van der Waals surface area contributed by atoms with Crippen molar-refractivity contribution in [1.82, 2.24) is 0 Å². The Labute approximate surface area is 141 Å². The zero-order valence-corrected chi connectivity index (χ0v) is 13.3. The molecule has 0 saturated carbocycles. The van der Waals surface area contributed by atoms with Crippen LogP contribution in [0.15, 0.2) is 36.4 Å². The van der Waals surface area contributed by atoms with Crippen LogP contribution in [0.2, 0.25) is 15.1 Å². The number of hydrogen-bond acceptors (Lipinski definition) is 2. The third-order valence-corrected chi connectivity index (χ3v) is 3.62. The Morgan fingerprint density at radius 1 is 1.05 bits per heavy atom. The van der Waals surface area contributed by atoms with Crippen molar-refractivity contribution in [2.45, 2.75) is 6.42 Å². The lowest BCUT2D eigenvalue weighted by Crippen LogP contribution is -2.14. The summed E-state index contributed by atoms with van der Waals surface area (Å²) < 4.78 is 0. The summed E-state index contributed by atoms with van der Waals surface area (Å²) in [5.41, 5.74) is 0.882. The van der Waals surface area contributed by atoms with Crippen LogP contribution in [-0.4, -0.2) is 17.0 Å². The molecule has 4 nitrogen and oxygen atoms in total. The second kappa shape index (κ2) is 7.01. The summed E-state index contributed by atoms with van der Waals surface area (Å²) in [6, 6.07) is 9.61. The van der Waals surface area contributed by atoms with E-state index >= 15 is 0 Å². The maximum Gasteiger partial charge on any atom is 0.338 e. The topological polar surface area (TPSA) is 66.4 Å². The first-order valence-electron chi connectivity index (χ1n) is 6.13. The van der Waals surface area contributed by atoms with Gasteiger partial charge in [0.15, 0.2) is 0 Å². The average molecular weight is 359 g/mol. The fourth-order valence-corrected chi connectivity index (χ4v) is 2.75. The van der Waals surface area contributed by atoms with Gasteiger partial charge in [-0.1, -0.05) is 46.9 Å². The molecule has 0 bridgehead atoms. The molecule has 0 aliphatic rings. The lowest BCUT2D eigenvalue weighted by Gasteiger charge is -2.09. The summed E-state index contributed by atoms with van der Waals surface area (Å²) in [4.78, 5) is 23.0. The van der Waals surface area contributed by atoms with Gasteiger partial charge in [-0.2, -0.15) is 0 Å². The Hall–Kier alpha value is -1.75. The van der Waals surface area contributed by atoms with Gasteiger partial charge in [0, 0.05) is 10.7 Å². The molecule has 0 aliphatic heterocycles. The highest BCUT2D eigenvalue weighted by atomic mass is 35.5. The van der Waals surface area contributed by atoms with Crippen LogP contribution < -0.4 is 5.32 Å². The highest BCUT2D eigenvalue weighted by molar-refractivity contribution is 6.39. The molecular formula is C15H10Cl3NO3. The van der Waals surface area contributed by atoms with Crippen LogP contribution in [-0.2, 0) is 11.2 Å². The van der Waals surface area contributed by atoms with Crippen molar-refractivity contribution in [3.63, 3.8) is 0 Å². The van der Waals surface area contributed by atoms with Gasteiger partial charge in [0.05, 0.1) is 22.0 Å². The van der Waals surface area contributed by atoms with Crippen LogP contribution in [0.5, 0.6) is 0 Å². The molecule has 0 heterocycles. The van der Waals surface area contributed by atoms with Crippen molar-refractivity contribution >= 4 is 52.4 Å². The summed E-state index contributed by atoms with van der Waals surface area (Å²) in [7, 11) is 0. The van der Waals surface area contributed by atoms with E-state index in [2.05, 4.69) is 5.32 Å². The number of aromatic carboxylic acids is 1. The smallest absolute Gasteiger partial charge is 0.338 e. The molecule has 114 valence electrons. The minimum absolute atomic E-state index is 0.0435. The number of hydrogen-bond donors (Lipinski definition) is 2. The zero-order valence-electron chi connectivity index (χ0n) is 11.1. The molecule has 1 amide bonds. The van der Waals surface area contributed by atoms with E-state index in [-0.39, 0.29) is 27.9 Å². The largest absolute Gasteiger partial charge is 0.478 e. The number of carboxylic acids is 1. The Bertz CT molecular complexity index is 724. The van der Waals surface area contributed by atoms with Crippen molar-refractivity contribution in [2.24, 2.45) is 0 Å². The fraction of sp³-hybridized carbons (Fsp3) is 0.0667. The molecule has 22 heavy (non-hydrogen) atoms. The first-order valence-corrected chi connectivity index (χ1v) is 7.27. The second-order valence-corrected chi connectivity index (χ2v) is 5.73. The normalized spacial score (nSPS) is 10.3. The fourth-order valence-electron chi connectivity index (χ4n) is 1.89. The molecular weight excluding hydrogens is 349 g/mol. The summed E-state index contributed by atoms with van der Waals surface area (Å²) in [6.07, 6.45) is 0.122. The van der Waals surface area contributed by atoms with Crippen molar-refractivity contribution in [3.8, 4) is 0 Å². The lowest BCUT2D eigenvalue weighted by atomic mass is 10.1. The monoisotopic (exact) mass is 357 g/mol. The Morgan fingerprint density at radius 2 is 1.68 bits per heavy atom.